The lowest BCUT2D eigenvalue weighted by Crippen LogP contribution is -2.47. The van der Waals surface area contributed by atoms with Crippen LogP contribution >= 0.6 is 0 Å². The minimum atomic E-state index is -0.892. The van der Waals surface area contributed by atoms with Crippen LogP contribution in [-0.2, 0) is 23.7 Å². The molecule has 7 nitrogen and oxygen atoms in total. The fourth-order valence-corrected chi connectivity index (χ4v) is 2.19. The zero-order valence-electron chi connectivity index (χ0n) is 15.4. The highest BCUT2D eigenvalue weighted by Crippen LogP contribution is 2.14. The van der Waals surface area contributed by atoms with Crippen molar-refractivity contribution < 1.29 is 28.5 Å². The van der Waals surface area contributed by atoms with Gasteiger partial charge in [0, 0.05) is 19.6 Å². The van der Waals surface area contributed by atoms with Crippen molar-refractivity contribution in [1.82, 2.24) is 5.32 Å². The van der Waals surface area contributed by atoms with E-state index >= 15 is 0 Å². The zero-order valence-corrected chi connectivity index (χ0v) is 15.4. The molecule has 0 aliphatic carbocycles. The fraction of sp³-hybridized carbons (Fsp3) is 0.882. The molecule has 1 N–H and O–H groups in total. The molecule has 1 heterocycles. The first-order valence-corrected chi connectivity index (χ1v) is 8.62. The average molecular weight is 345 g/mol. The van der Waals surface area contributed by atoms with E-state index in [0.29, 0.717) is 19.6 Å². The molecule has 1 saturated heterocycles. The molecule has 0 aromatic rings. The summed E-state index contributed by atoms with van der Waals surface area (Å²) in [6.07, 6.45) is 1.35. The molecule has 0 spiro atoms. The Kier molecular flexibility index (Phi) is 8.48. The molecule has 3 atom stereocenters. The minimum absolute atomic E-state index is 0.0481. The van der Waals surface area contributed by atoms with Crippen molar-refractivity contribution in [3.63, 3.8) is 0 Å². The standard InChI is InChI=1S/C17H31NO6/c1-6-7-9-22-14-8-10-21-11-13(15(19)23-12(14)2)18-16(20)24-17(3,4)5/h12-14H,6-11H2,1-5H3,(H,18,20)/t12-,13-,14+/m0/s1. The normalized spacial score (nSPS) is 25.9. The van der Waals surface area contributed by atoms with Gasteiger partial charge in [0.05, 0.1) is 12.7 Å². The second-order valence-corrected chi connectivity index (χ2v) is 6.97. The average Bonchev–Trinajstić information content (AvgIpc) is 2.51. The first-order valence-electron chi connectivity index (χ1n) is 8.62. The number of hydrogen-bond acceptors (Lipinski definition) is 6. The number of ether oxygens (including phenoxy) is 4. The number of carbonyl (C=O) groups excluding carboxylic acids is 2. The second kappa shape index (κ2) is 9.84. The molecule has 0 aromatic carbocycles. The quantitative estimate of drug-likeness (QED) is 0.608. The summed E-state index contributed by atoms with van der Waals surface area (Å²) in [5.41, 5.74) is -0.640. The van der Waals surface area contributed by atoms with E-state index in [4.69, 9.17) is 18.9 Å². The van der Waals surface area contributed by atoms with Crippen LogP contribution in [0.15, 0.2) is 0 Å². The Bertz CT molecular complexity index is 406. The fourth-order valence-electron chi connectivity index (χ4n) is 2.19. The van der Waals surface area contributed by atoms with Crippen LogP contribution in [0.4, 0.5) is 4.79 Å². The van der Waals surface area contributed by atoms with E-state index in [1.807, 2.05) is 0 Å². The van der Waals surface area contributed by atoms with E-state index in [9.17, 15) is 9.59 Å². The van der Waals surface area contributed by atoms with Crippen molar-refractivity contribution in [2.45, 2.75) is 77.7 Å². The van der Waals surface area contributed by atoms with Gasteiger partial charge in [0.1, 0.15) is 11.7 Å². The minimum Gasteiger partial charge on any atom is -0.458 e. The number of carbonyl (C=O) groups is 2. The number of cyclic esters (lactones) is 1. The van der Waals surface area contributed by atoms with Gasteiger partial charge >= 0.3 is 12.1 Å². The lowest BCUT2D eigenvalue weighted by Gasteiger charge is -2.25. The smallest absolute Gasteiger partial charge is 0.408 e. The number of alkyl carbamates (subject to hydrolysis) is 1. The molecule has 1 aliphatic rings. The monoisotopic (exact) mass is 345 g/mol. The first-order chi connectivity index (χ1) is 11.2. The van der Waals surface area contributed by atoms with Crippen molar-refractivity contribution in [3.8, 4) is 0 Å². The van der Waals surface area contributed by atoms with E-state index in [0.717, 1.165) is 12.8 Å². The van der Waals surface area contributed by atoms with Gasteiger partial charge in [-0.15, -0.1) is 0 Å². The predicted molar refractivity (Wildman–Crippen MR) is 88.8 cm³/mol. The molecule has 7 heteroatoms. The Labute approximate surface area is 144 Å². The Morgan fingerprint density at radius 3 is 2.71 bits per heavy atom. The maximum absolute atomic E-state index is 12.3. The van der Waals surface area contributed by atoms with E-state index in [2.05, 4.69) is 12.2 Å². The summed E-state index contributed by atoms with van der Waals surface area (Å²) in [6.45, 7) is 10.3. The third kappa shape index (κ3) is 7.97. The van der Waals surface area contributed by atoms with Gasteiger partial charge in [0.15, 0.2) is 6.04 Å². The van der Waals surface area contributed by atoms with Gasteiger partial charge in [-0.1, -0.05) is 13.3 Å². The molecule has 1 fully saturated rings. The molecule has 0 unspecified atom stereocenters. The van der Waals surface area contributed by atoms with E-state index in [1.165, 1.54) is 0 Å². The maximum atomic E-state index is 12.3. The van der Waals surface area contributed by atoms with Gasteiger partial charge in [0.2, 0.25) is 0 Å². The van der Waals surface area contributed by atoms with Crippen LogP contribution in [-0.4, -0.2) is 55.7 Å². The molecule has 0 saturated carbocycles. The number of unbranched alkanes of at least 4 members (excludes halogenated alkanes) is 1. The molecule has 24 heavy (non-hydrogen) atoms. The number of esters is 1. The van der Waals surface area contributed by atoms with Crippen molar-refractivity contribution in [2.24, 2.45) is 0 Å². The van der Waals surface area contributed by atoms with Crippen molar-refractivity contribution in [1.29, 1.82) is 0 Å². The summed E-state index contributed by atoms with van der Waals surface area (Å²) < 4.78 is 21.9. The number of nitrogens with one attached hydrogen (secondary N) is 1. The van der Waals surface area contributed by atoms with E-state index in [1.54, 1.807) is 27.7 Å². The molecule has 1 rings (SSSR count). The largest absolute Gasteiger partial charge is 0.458 e. The Morgan fingerprint density at radius 1 is 1.38 bits per heavy atom. The van der Waals surface area contributed by atoms with E-state index < -0.39 is 29.8 Å². The third-order valence-corrected chi connectivity index (χ3v) is 3.46. The third-order valence-electron chi connectivity index (χ3n) is 3.46. The van der Waals surface area contributed by atoms with Gasteiger partial charge in [-0.25, -0.2) is 9.59 Å². The summed E-state index contributed by atoms with van der Waals surface area (Å²) in [6, 6.07) is -0.892. The van der Waals surface area contributed by atoms with Crippen LogP contribution < -0.4 is 5.32 Å². The van der Waals surface area contributed by atoms with Crippen LogP contribution in [0.1, 0.15) is 53.9 Å². The number of hydrogen-bond donors (Lipinski definition) is 1. The van der Waals surface area contributed by atoms with Crippen LogP contribution in [0.25, 0.3) is 0 Å². The highest BCUT2D eigenvalue weighted by Gasteiger charge is 2.31. The number of amides is 1. The van der Waals surface area contributed by atoms with Crippen LogP contribution in [0.3, 0.4) is 0 Å². The Hall–Kier alpha value is -1.34. The molecule has 0 radical (unpaired) electrons. The van der Waals surface area contributed by atoms with E-state index in [-0.39, 0.29) is 12.7 Å². The molecular formula is C17H31NO6. The van der Waals surface area contributed by atoms with Gasteiger partial charge in [-0.3, -0.25) is 0 Å². The van der Waals surface area contributed by atoms with Gasteiger partial charge in [-0.2, -0.15) is 0 Å². The molecular weight excluding hydrogens is 314 g/mol. The summed E-state index contributed by atoms with van der Waals surface area (Å²) in [5, 5.41) is 2.51. The summed E-state index contributed by atoms with van der Waals surface area (Å²) in [4.78, 5) is 24.1. The van der Waals surface area contributed by atoms with Crippen LogP contribution in [0.5, 0.6) is 0 Å². The molecule has 140 valence electrons. The number of rotatable bonds is 5. The lowest BCUT2D eigenvalue weighted by molar-refractivity contribution is -0.158. The molecule has 1 amide bonds. The van der Waals surface area contributed by atoms with Crippen molar-refractivity contribution in [3.05, 3.63) is 0 Å². The topological polar surface area (TPSA) is 83.1 Å². The summed E-state index contributed by atoms with van der Waals surface area (Å²) >= 11 is 0. The van der Waals surface area contributed by atoms with Crippen molar-refractivity contribution in [2.75, 3.05) is 19.8 Å². The van der Waals surface area contributed by atoms with Crippen LogP contribution in [0, 0.1) is 0 Å². The SMILES string of the molecule is CCCCO[C@@H]1CCOC[C@H](NC(=O)OC(C)(C)C)C(=O)O[C@H]1C. The van der Waals surface area contributed by atoms with Gasteiger partial charge < -0.3 is 24.3 Å². The van der Waals surface area contributed by atoms with Crippen LogP contribution in [0.2, 0.25) is 0 Å². The highest BCUT2D eigenvalue weighted by atomic mass is 16.6. The maximum Gasteiger partial charge on any atom is 0.408 e. The Morgan fingerprint density at radius 2 is 2.08 bits per heavy atom. The predicted octanol–water partition coefficient (Wildman–Crippen LogP) is 2.42. The zero-order chi connectivity index (χ0) is 18.2. The summed E-state index contributed by atoms with van der Waals surface area (Å²) in [5.74, 6) is -0.542. The van der Waals surface area contributed by atoms with Crippen molar-refractivity contribution >= 4 is 12.1 Å². The Balaban J connectivity index is 2.60. The molecule has 0 bridgehead atoms. The highest BCUT2D eigenvalue weighted by molar-refractivity contribution is 5.81. The lowest BCUT2D eigenvalue weighted by atomic mass is 10.1. The molecule has 0 aromatic heterocycles. The molecule has 1 aliphatic heterocycles. The van der Waals surface area contributed by atoms with Gasteiger partial charge in [-0.05, 0) is 34.1 Å². The summed E-state index contributed by atoms with van der Waals surface area (Å²) in [7, 11) is 0. The van der Waals surface area contributed by atoms with Gasteiger partial charge in [0.25, 0.3) is 0 Å². The second-order valence-electron chi connectivity index (χ2n) is 6.97. The first kappa shape index (κ1) is 20.7.